The summed E-state index contributed by atoms with van der Waals surface area (Å²) in [7, 11) is 0. The molecule has 1 aromatic rings. The van der Waals surface area contributed by atoms with E-state index in [0.29, 0.717) is 6.54 Å². The van der Waals surface area contributed by atoms with Gasteiger partial charge in [0.1, 0.15) is 0 Å². The molecule has 0 saturated carbocycles. The molecule has 3 nitrogen and oxygen atoms in total. The van der Waals surface area contributed by atoms with Gasteiger partial charge >= 0.3 is 0 Å². The van der Waals surface area contributed by atoms with Crippen LogP contribution in [-0.2, 0) is 0 Å². The molecule has 0 radical (unpaired) electrons. The average molecular weight is 247 g/mol. The zero-order valence-electron chi connectivity index (χ0n) is 8.39. The van der Waals surface area contributed by atoms with Gasteiger partial charge in [0.15, 0.2) is 0 Å². The van der Waals surface area contributed by atoms with Crippen molar-refractivity contribution in [2.24, 2.45) is 5.73 Å². The van der Waals surface area contributed by atoms with Crippen LogP contribution in [0, 0.1) is 0 Å². The average Bonchev–Trinajstić information content (AvgIpc) is 2.69. The zero-order valence-corrected chi connectivity index (χ0v) is 10.0. The van der Waals surface area contributed by atoms with E-state index in [9.17, 15) is 4.79 Å². The lowest BCUT2D eigenvalue weighted by Gasteiger charge is -2.30. The Hall–Kier alpha value is -0.580. The van der Waals surface area contributed by atoms with Crippen molar-refractivity contribution in [2.75, 3.05) is 13.1 Å². The first-order valence-corrected chi connectivity index (χ1v) is 5.73. The number of nitrogens with two attached hydrogens (primary N) is 1. The molecule has 0 unspecified atom stereocenters. The van der Waals surface area contributed by atoms with E-state index < -0.39 is 0 Å². The molecular formula is C10H15ClN2OS. The summed E-state index contributed by atoms with van der Waals surface area (Å²) in [5.41, 5.74) is 5.83. The first-order chi connectivity index (χ1) is 6.77. The second kappa shape index (κ2) is 5.49. The van der Waals surface area contributed by atoms with Gasteiger partial charge in [-0.1, -0.05) is 6.07 Å². The number of carbonyl (C=O) groups excluding carboxylic acids is 1. The number of hydrogen-bond donors (Lipinski definition) is 1. The number of carbonyl (C=O) groups is 1. The molecular weight excluding hydrogens is 232 g/mol. The highest BCUT2D eigenvalue weighted by atomic mass is 35.5. The fourth-order valence-corrected chi connectivity index (χ4v) is 2.44. The fourth-order valence-electron chi connectivity index (χ4n) is 1.75. The molecule has 0 spiro atoms. The van der Waals surface area contributed by atoms with Crippen molar-refractivity contribution < 1.29 is 4.79 Å². The molecule has 2 rings (SSSR count). The lowest BCUT2D eigenvalue weighted by Crippen LogP contribution is -2.45. The van der Waals surface area contributed by atoms with Crippen molar-refractivity contribution in [2.45, 2.75) is 18.9 Å². The number of piperidine rings is 1. The summed E-state index contributed by atoms with van der Waals surface area (Å²) in [4.78, 5) is 14.6. The van der Waals surface area contributed by atoms with Crippen molar-refractivity contribution in [3.8, 4) is 0 Å². The number of hydrogen-bond acceptors (Lipinski definition) is 3. The minimum absolute atomic E-state index is 0. The molecule has 1 aliphatic heterocycles. The summed E-state index contributed by atoms with van der Waals surface area (Å²) in [5.74, 6) is 0.134. The van der Waals surface area contributed by atoms with Gasteiger partial charge in [-0.15, -0.1) is 23.7 Å². The third-order valence-corrected chi connectivity index (χ3v) is 3.33. The Morgan fingerprint density at radius 1 is 1.60 bits per heavy atom. The zero-order chi connectivity index (χ0) is 9.97. The van der Waals surface area contributed by atoms with Crippen molar-refractivity contribution in [1.82, 2.24) is 4.90 Å². The van der Waals surface area contributed by atoms with Crippen LogP contribution in [0.4, 0.5) is 0 Å². The van der Waals surface area contributed by atoms with Crippen LogP contribution in [0.15, 0.2) is 17.5 Å². The van der Waals surface area contributed by atoms with Gasteiger partial charge < -0.3 is 10.6 Å². The molecule has 0 aromatic carbocycles. The van der Waals surface area contributed by atoms with E-state index in [1.54, 1.807) is 0 Å². The molecule has 1 fully saturated rings. The normalized spacial score (nSPS) is 20.9. The Bertz CT molecular complexity index is 315. The molecule has 0 aliphatic carbocycles. The van der Waals surface area contributed by atoms with Crippen LogP contribution >= 0.6 is 23.7 Å². The van der Waals surface area contributed by atoms with Crippen molar-refractivity contribution in [1.29, 1.82) is 0 Å². The van der Waals surface area contributed by atoms with Crippen molar-refractivity contribution in [3.05, 3.63) is 22.4 Å². The highest BCUT2D eigenvalue weighted by Crippen LogP contribution is 2.15. The van der Waals surface area contributed by atoms with E-state index in [2.05, 4.69) is 0 Å². The SMILES string of the molecule is Cl.N[C@@H]1CCCN(C(=O)c2cccs2)C1. The molecule has 5 heteroatoms. The number of rotatable bonds is 1. The van der Waals surface area contributed by atoms with E-state index in [-0.39, 0.29) is 24.4 Å². The quantitative estimate of drug-likeness (QED) is 0.821. The first kappa shape index (κ1) is 12.5. The lowest BCUT2D eigenvalue weighted by atomic mass is 10.1. The lowest BCUT2D eigenvalue weighted by molar-refractivity contribution is 0.0714. The van der Waals surface area contributed by atoms with Gasteiger partial charge in [0.2, 0.25) is 0 Å². The Labute approximate surface area is 99.7 Å². The summed E-state index contributed by atoms with van der Waals surface area (Å²) < 4.78 is 0. The Morgan fingerprint density at radius 2 is 2.40 bits per heavy atom. The van der Waals surface area contributed by atoms with Crippen LogP contribution in [0.1, 0.15) is 22.5 Å². The Balaban J connectivity index is 0.00000112. The van der Waals surface area contributed by atoms with Crippen LogP contribution in [0.25, 0.3) is 0 Å². The summed E-state index contributed by atoms with van der Waals surface area (Å²) >= 11 is 1.49. The van der Waals surface area contributed by atoms with E-state index in [1.807, 2.05) is 22.4 Å². The molecule has 2 heterocycles. The molecule has 2 N–H and O–H groups in total. The Kier molecular flexibility index (Phi) is 4.57. The predicted molar refractivity (Wildman–Crippen MR) is 64.7 cm³/mol. The maximum Gasteiger partial charge on any atom is 0.263 e. The maximum atomic E-state index is 11.9. The molecule has 1 aliphatic rings. The van der Waals surface area contributed by atoms with Crippen LogP contribution in [0.3, 0.4) is 0 Å². The smallest absolute Gasteiger partial charge is 0.263 e. The molecule has 15 heavy (non-hydrogen) atoms. The monoisotopic (exact) mass is 246 g/mol. The van der Waals surface area contributed by atoms with Gasteiger partial charge in [0.25, 0.3) is 5.91 Å². The summed E-state index contributed by atoms with van der Waals surface area (Å²) in [6.45, 7) is 1.56. The van der Waals surface area contributed by atoms with Gasteiger partial charge in [0, 0.05) is 19.1 Å². The maximum absolute atomic E-state index is 11.9. The molecule has 1 atom stereocenters. The number of nitrogens with zero attached hydrogens (tertiary/aromatic N) is 1. The largest absolute Gasteiger partial charge is 0.336 e. The van der Waals surface area contributed by atoms with E-state index in [1.165, 1.54) is 11.3 Å². The van der Waals surface area contributed by atoms with Gasteiger partial charge in [-0.05, 0) is 24.3 Å². The first-order valence-electron chi connectivity index (χ1n) is 4.86. The third-order valence-electron chi connectivity index (χ3n) is 2.48. The molecule has 84 valence electrons. The second-order valence-electron chi connectivity index (χ2n) is 3.63. The predicted octanol–water partition coefficient (Wildman–Crippen LogP) is 1.73. The number of likely N-dealkylation sites (tertiary alicyclic amines) is 1. The van der Waals surface area contributed by atoms with Gasteiger partial charge in [-0.2, -0.15) is 0 Å². The Morgan fingerprint density at radius 3 is 3.00 bits per heavy atom. The standard InChI is InChI=1S/C10H14N2OS.ClH/c11-8-3-1-5-12(7-8)10(13)9-4-2-6-14-9;/h2,4,6,8H,1,3,5,7,11H2;1H/t8-;/m1./s1. The number of thiophene rings is 1. The van der Waals surface area contributed by atoms with Crippen molar-refractivity contribution >= 4 is 29.7 Å². The summed E-state index contributed by atoms with van der Waals surface area (Å²) in [6, 6.07) is 3.93. The molecule has 1 saturated heterocycles. The molecule has 1 amide bonds. The van der Waals surface area contributed by atoms with Crippen LogP contribution in [-0.4, -0.2) is 29.9 Å². The highest BCUT2D eigenvalue weighted by molar-refractivity contribution is 7.12. The van der Waals surface area contributed by atoms with E-state index in [0.717, 1.165) is 24.3 Å². The number of amides is 1. The fraction of sp³-hybridized carbons (Fsp3) is 0.500. The van der Waals surface area contributed by atoms with Crippen LogP contribution in [0.5, 0.6) is 0 Å². The summed E-state index contributed by atoms with van der Waals surface area (Å²) in [5, 5.41) is 1.93. The minimum atomic E-state index is 0. The molecule has 0 bridgehead atoms. The number of halogens is 1. The molecule has 1 aromatic heterocycles. The highest BCUT2D eigenvalue weighted by Gasteiger charge is 2.22. The topological polar surface area (TPSA) is 46.3 Å². The van der Waals surface area contributed by atoms with Gasteiger partial charge in [-0.25, -0.2) is 0 Å². The summed E-state index contributed by atoms with van der Waals surface area (Å²) in [6.07, 6.45) is 2.06. The minimum Gasteiger partial charge on any atom is -0.336 e. The van der Waals surface area contributed by atoms with E-state index >= 15 is 0 Å². The second-order valence-corrected chi connectivity index (χ2v) is 4.58. The van der Waals surface area contributed by atoms with Crippen molar-refractivity contribution in [3.63, 3.8) is 0 Å². The van der Waals surface area contributed by atoms with Gasteiger partial charge in [-0.3, -0.25) is 4.79 Å². The van der Waals surface area contributed by atoms with Crippen LogP contribution in [0.2, 0.25) is 0 Å². The van der Waals surface area contributed by atoms with E-state index in [4.69, 9.17) is 5.73 Å². The third kappa shape index (κ3) is 2.93. The van der Waals surface area contributed by atoms with Crippen LogP contribution < -0.4 is 5.73 Å². The van der Waals surface area contributed by atoms with Gasteiger partial charge in [0.05, 0.1) is 4.88 Å².